The van der Waals surface area contributed by atoms with Crippen LogP contribution in [0.5, 0.6) is 0 Å². The molecule has 0 aliphatic heterocycles. The molecule has 1 N–H and O–H groups in total. The summed E-state index contributed by atoms with van der Waals surface area (Å²) in [5.74, 6) is -3.98. The summed E-state index contributed by atoms with van der Waals surface area (Å²) in [6.07, 6.45) is 4.03. The molecule has 26 heavy (non-hydrogen) atoms. The molecule has 6 nitrogen and oxygen atoms in total. The summed E-state index contributed by atoms with van der Waals surface area (Å²) in [6, 6.07) is 0. The van der Waals surface area contributed by atoms with Crippen LogP contribution in [0, 0.1) is 18.8 Å². The molecule has 1 aliphatic rings. The number of carboxylic acids is 1. The SMILES string of the molecule is COCCOCC1CCCCC1Cn1nc(C(C)(F)F)c(C)c1C(=O)O. The van der Waals surface area contributed by atoms with E-state index < -0.39 is 17.6 Å². The average Bonchev–Trinajstić information content (AvgIpc) is 2.89. The zero-order valence-corrected chi connectivity index (χ0v) is 15.6. The van der Waals surface area contributed by atoms with Crippen LogP contribution in [0.4, 0.5) is 8.78 Å². The van der Waals surface area contributed by atoms with Crippen molar-refractivity contribution in [1.29, 1.82) is 0 Å². The summed E-state index contributed by atoms with van der Waals surface area (Å²) in [5.41, 5.74) is -0.571. The molecule has 1 heterocycles. The standard InChI is InChI=1S/C18H28F2N2O4/c1-12-15(17(23)24)22(21-16(12)18(2,19)20)10-13-6-4-5-7-14(13)11-26-9-8-25-3/h13-14H,4-11H2,1-3H3,(H,23,24). The number of rotatable bonds is 9. The van der Waals surface area contributed by atoms with Crippen molar-refractivity contribution in [2.45, 2.75) is 52.0 Å². The van der Waals surface area contributed by atoms with E-state index in [0.29, 0.717) is 26.4 Å². The van der Waals surface area contributed by atoms with Gasteiger partial charge in [0.1, 0.15) is 11.4 Å². The third-order valence-electron chi connectivity index (χ3n) is 5.05. The van der Waals surface area contributed by atoms with Crippen molar-refractivity contribution in [2.24, 2.45) is 11.8 Å². The van der Waals surface area contributed by atoms with Crippen LogP contribution < -0.4 is 0 Å². The maximum atomic E-state index is 13.8. The van der Waals surface area contributed by atoms with Crippen LogP contribution in [0.15, 0.2) is 0 Å². The molecule has 1 aliphatic carbocycles. The van der Waals surface area contributed by atoms with E-state index in [4.69, 9.17) is 9.47 Å². The van der Waals surface area contributed by atoms with Crippen molar-refractivity contribution in [1.82, 2.24) is 9.78 Å². The predicted molar refractivity (Wildman–Crippen MR) is 91.6 cm³/mol. The third-order valence-corrected chi connectivity index (χ3v) is 5.05. The van der Waals surface area contributed by atoms with Crippen LogP contribution in [-0.4, -0.2) is 47.8 Å². The van der Waals surface area contributed by atoms with Gasteiger partial charge in [-0.1, -0.05) is 12.8 Å². The van der Waals surface area contributed by atoms with E-state index in [2.05, 4.69) is 5.10 Å². The van der Waals surface area contributed by atoms with Gasteiger partial charge in [0.15, 0.2) is 0 Å². The minimum Gasteiger partial charge on any atom is -0.477 e. The van der Waals surface area contributed by atoms with Crippen molar-refractivity contribution in [3.63, 3.8) is 0 Å². The molecule has 0 spiro atoms. The molecule has 148 valence electrons. The zero-order chi connectivity index (χ0) is 19.3. The highest BCUT2D eigenvalue weighted by molar-refractivity contribution is 5.87. The van der Waals surface area contributed by atoms with Gasteiger partial charge in [-0.25, -0.2) is 4.79 Å². The molecule has 8 heteroatoms. The van der Waals surface area contributed by atoms with Gasteiger partial charge in [-0.3, -0.25) is 4.68 Å². The first kappa shape index (κ1) is 20.8. The number of hydrogen-bond donors (Lipinski definition) is 1. The monoisotopic (exact) mass is 374 g/mol. The first-order valence-electron chi connectivity index (χ1n) is 9.01. The second-order valence-electron chi connectivity index (χ2n) is 7.07. The Morgan fingerprint density at radius 2 is 1.96 bits per heavy atom. The van der Waals surface area contributed by atoms with Gasteiger partial charge in [-0.15, -0.1) is 0 Å². The molecule has 0 saturated heterocycles. The largest absolute Gasteiger partial charge is 0.477 e. The molecular weight excluding hydrogens is 346 g/mol. The number of aromatic carboxylic acids is 1. The van der Waals surface area contributed by atoms with Gasteiger partial charge in [0.05, 0.1) is 13.2 Å². The second-order valence-corrected chi connectivity index (χ2v) is 7.07. The molecule has 1 aromatic heterocycles. The zero-order valence-electron chi connectivity index (χ0n) is 15.6. The predicted octanol–water partition coefficient (Wildman–Crippen LogP) is 3.47. The van der Waals surface area contributed by atoms with Gasteiger partial charge in [0, 0.05) is 32.7 Å². The van der Waals surface area contributed by atoms with Crippen LogP contribution in [0.2, 0.25) is 0 Å². The maximum absolute atomic E-state index is 13.8. The van der Waals surface area contributed by atoms with Crippen molar-refractivity contribution < 1.29 is 28.2 Å². The van der Waals surface area contributed by atoms with E-state index in [1.807, 2.05) is 0 Å². The van der Waals surface area contributed by atoms with Crippen LogP contribution in [0.1, 0.15) is 54.4 Å². The van der Waals surface area contributed by atoms with E-state index in [9.17, 15) is 18.7 Å². The quantitative estimate of drug-likeness (QED) is 0.670. The fourth-order valence-electron chi connectivity index (χ4n) is 3.71. The highest BCUT2D eigenvalue weighted by atomic mass is 19.3. The minimum absolute atomic E-state index is 0.0358. The van der Waals surface area contributed by atoms with E-state index in [-0.39, 0.29) is 23.1 Å². The number of methoxy groups -OCH3 is 1. The summed E-state index contributed by atoms with van der Waals surface area (Å²) in [6.45, 7) is 4.04. The maximum Gasteiger partial charge on any atom is 0.354 e. The summed E-state index contributed by atoms with van der Waals surface area (Å²) < 4.78 is 39.4. The molecule has 1 aromatic rings. The van der Waals surface area contributed by atoms with Crippen molar-refractivity contribution in [3.05, 3.63) is 17.0 Å². The van der Waals surface area contributed by atoms with Gasteiger partial charge in [-0.2, -0.15) is 13.9 Å². The van der Waals surface area contributed by atoms with E-state index in [1.54, 1.807) is 7.11 Å². The van der Waals surface area contributed by atoms with Gasteiger partial charge in [0.25, 0.3) is 5.92 Å². The molecule has 2 rings (SSSR count). The second kappa shape index (κ2) is 8.90. The summed E-state index contributed by atoms with van der Waals surface area (Å²) >= 11 is 0. The number of halogens is 2. The Hall–Kier alpha value is -1.54. The Balaban J connectivity index is 2.17. The number of aromatic nitrogens is 2. The highest BCUT2D eigenvalue weighted by Gasteiger charge is 2.35. The average molecular weight is 374 g/mol. The number of carbonyl (C=O) groups is 1. The third kappa shape index (κ3) is 5.01. The lowest BCUT2D eigenvalue weighted by molar-refractivity contribution is 0.0103. The number of nitrogens with zero attached hydrogens (tertiary/aromatic N) is 2. The van der Waals surface area contributed by atoms with Gasteiger partial charge < -0.3 is 14.6 Å². The minimum atomic E-state index is -3.17. The smallest absolute Gasteiger partial charge is 0.354 e. The van der Waals surface area contributed by atoms with Gasteiger partial charge >= 0.3 is 5.97 Å². The van der Waals surface area contributed by atoms with Crippen LogP contribution >= 0.6 is 0 Å². The molecule has 2 unspecified atom stereocenters. The summed E-state index contributed by atoms with van der Waals surface area (Å²) in [5, 5.41) is 13.4. The fraction of sp³-hybridized carbons (Fsp3) is 0.778. The van der Waals surface area contributed by atoms with Crippen molar-refractivity contribution >= 4 is 5.97 Å². The summed E-state index contributed by atoms with van der Waals surface area (Å²) in [7, 11) is 1.61. The number of ether oxygens (including phenoxy) is 2. The van der Waals surface area contributed by atoms with Crippen molar-refractivity contribution in [3.8, 4) is 0 Å². The number of alkyl halides is 2. The Kier molecular flexibility index (Phi) is 7.11. The molecule has 1 fully saturated rings. The highest BCUT2D eigenvalue weighted by Crippen LogP contribution is 2.34. The van der Waals surface area contributed by atoms with Crippen molar-refractivity contribution in [2.75, 3.05) is 26.9 Å². The normalized spacial score (nSPS) is 21.1. The molecular formula is C18H28F2N2O4. The van der Waals surface area contributed by atoms with Gasteiger partial charge in [0.2, 0.25) is 0 Å². The van der Waals surface area contributed by atoms with E-state index >= 15 is 0 Å². The topological polar surface area (TPSA) is 73.6 Å². The molecule has 2 atom stereocenters. The Morgan fingerprint density at radius 1 is 1.31 bits per heavy atom. The van der Waals surface area contributed by atoms with Crippen LogP contribution in [-0.2, 0) is 21.9 Å². The first-order chi connectivity index (χ1) is 12.3. The Morgan fingerprint density at radius 3 is 2.54 bits per heavy atom. The molecule has 0 amide bonds. The lowest BCUT2D eigenvalue weighted by Gasteiger charge is -2.31. The molecule has 1 saturated carbocycles. The van der Waals surface area contributed by atoms with E-state index in [1.165, 1.54) is 11.6 Å². The number of hydrogen-bond acceptors (Lipinski definition) is 4. The lowest BCUT2D eigenvalue weighted by atomic mass is 9.79. The van der Waals surface area contributed by atoms with Gasteiger partial charge in [-0.05, 0) is 31.6 Å². The lowest BCUT2D eigenvalue weighted by Crippen LogP contribution is -2.29. The molecule has 0 bridgehead atoms. The fourth-order valence-corrected chi connectivity index (χ4v) is 3.71. The van der Waals surface area contributed by atoms with E-state index in [0.717, 1.165) is 32.6 Å². The Bertz CT molecular complexity index is 613. The Labute approximate surface area is 152 Å². The summed E-state index contributed by atoms with van der Waals surface area (Å²) in [4.78, 5) is 11.6. The molecule has 0 radical (unpaired) electrons. The number of carboxylic acid groups (broad SMARTS) is 1. The first-order valence-corrected chi connectivity index (χ1v) is 9.01. The van der Waals surface area contributed by atoms with Crippen LogP contribution in [0.25, 0.3) is 0 Å². The van der Waals surface area contributed by atoms with Crippen LogP contribution in [0.3, 0.4) is 0 Å². The molecule has 0 aromatic carbocycles.